The second-order valence-electron chi connectivity index (χ2n) is 4.08. The van der Waals surface area contributed by atoms with Crippen LogP contribution in [0.25, 0.3) is 0 Å². The van der Waals surface area contributed by atoms with Crippen LogP contribution >= 0.6 is 0 Å². The number of carbonyl (C=O) groups is 2. The van der Waals surface area contributed by atoms with Crippen LogP contribution in [0.2, 0.25) is 4.82 Å². The molecule has 2 atom stereocenters. The molecule has 0 bridgehead atoms. The first-order valence-electron chi connectivity index (χ1n) is 5.52. The van der Waals surface area contributed by atoms with Gasteiger partial charge in [-0.05, 0) is 0 Å². The molecule has 6 heteroatoms. The van der Waals surface area contributed by atoms with Crippen LogP contribution in [0.15, 0.2) is 30.3 Å². The topological polar surface area (TPSA) is 77.8 Å². The summed E-state index contributed by atoms with van der Waals surface area (Å²) in [5.41, 5.74) is 0. The molecule has 0 aliphatic carbocycles. The fourth-order valence-electron chi connectivity index (χ4n) is 2.02. The Morgan fingerprint density at radius 1 is 1.22 bits per heavy atom. The van der Waals surface area contributed by atoms with E-state index in [2.05, 4.69) is 0 Å². The molecule has 1 aliphatic rings. The molecule has 1 saturated heterocycles. The number of carboxylic acid groups (broad SMARTS) is 2. The van der Waals surface area contributed by atoms with Crippen LogP contribution in [-0.2, 0) is 4.79 Å². The average Bonchev–Trinajstić information content (AvgIpc) is 2.74. The Hall–Kier alpha value is -1.52. The van der Waals surface area contributed by atoms with Crippen LogP contribution in [0.4, 0.5) is 4.79 Å². The van der Waals surface area contributed by atoms with E-state index in [9.17, 15) is 9.59 Å². The molecular weight excluding hydrogens is 301 g/mol. The molecule has 0 aromatic heterocycles. The van der Waals surface area contributed by atoms with E-state index in [4.69, 9.17) is 10.2 Å². The monoisotopic (exact) mass is 315 g/mol. The Bertz CT molecular complexity index is 429. The Morgan fingerprint density at radius 3 is 2.39 bits per heavy atom. The van der Waals surface area contributed by atoms with Crippen molar-refractivity contribution in [2.75, 3.05) is 6.54 Å². The van der Waals surface area contributed by atoms with Crippen molar-refractivity contribution in [1.82, 2.24) is 4.90 Å². The molecule has 5 nitrogen and oxygen atoms in total. The molecule has 2 N–H and O–H groups in total. The maximum absolute atomic E-state index is 11.0. The first kappa shape index (κ1) is 12.9. The van der Waals surface area contributed by atoms with Crippen molar-refractivity contribution in [3.05, 3.63) is 30.3 Å². The number of hydrogen-bond acceptors (Lipinski definition) is 2. The normalized spacial score (nSPS) is 23.0. The van der Waals surface area contributed by atoms with E-state index in [-0.39, 0.29) is 19.8 Å². The van der Waals surface area contributed by atoms with Gasteiger partial charge in [0.1, 0.15) is 0 Å². The predicted molar refractivity (Wildman–Crippen MR) is 66.4 cm³/mol. The van der Waals surface area contributed by atoms with Crippen molar-refractivity contribution in [2.24, 2.45) is 0 Å². The van der Waals surface area contributed by atoms with Gasteiger partial charge in [-0.3, -0.25) is 0 Å². The molecule has 2 rings (SSSR count). The number of carboxylic acids is 1. The summed E-state index contributed by atoms with van der Waals surface area (Å²) in [6.07, 6.45) is -0.731. The molecule has 1 heterocycles. The van der Waals surface area contributed by atoms with Gasteiger partial charge in [-0.2, -0.15) is 0 Å². The quantitative estimate of drug-likeness (QED) is 0.803. The van der Waals surface area contributed by atoms with E-state index in [0.717, 1.165) is 4.90 Å². The van der Waals surface area contributed by atoms with E-state index < -0.39 is 18.1 Å². The van der Waals surface area contributed by atoms with Crippen LogP contribution in [0, 0.1) is 0 Å². The molecule has 0 spiro atoms. The summed E-state index contributed by atoms with van der Waals surface area (Å²) in [5.74, 6) is -1.05. The standard InChI is InChI=1S/C12H13NO4Se/c14-11(15)10-6-9(7-13(10)12(16)17)18-8-4-2-1-3-5-8/h1-5,9-10H,6-7H2,(H,14,15)(H,16,17)/t9-,10-/m1/s1. The zero-order chi connectivity index (χ0) is 13.1. The Morgan fingerprint density at radius 2 is 1.89 bits per heavy atom. The molecule has 0 radical (unpaired) electrons. The van der Waals surface area contributed by atoms with Crippen molar-refractivity contribution >= 4 is 31.5 Å². The van der Waals surface area contributed by atoms with Crippen molar-refractivity contribution in [1.29, 1.82) is 0 Å². The summed E-state index contributed by atoms with van der Waals surface area (Å²) in [6.45, 7) is 0.321. The fourth-order valence-corrected chi connectivity index (χ4v) is 4.56. The Labute approximate surface area is 111 Å². The molecule has 1 aliphatic heterocycles. The third-order valence-electron chi connectivity index (χ3n) is 2.84. The maximum atomic E-state index is 11.0. The number of rotatable bonds is 3. The van der Waals surface area contributed by atoms with E-state index >= 15 is 0 Å². The molecule has 18 heavy (non-hydrogen) atoms. The average molecular weight is 314 g/mol. The zero-order valence-electron chi connectivity index (χ0n) is 9.52. The van der Waals surface area contributed by atoms with Crippen molar-refractivity contribution in [2.45, 2.75) is 17.3 Å². The number of amides is 1. The first-order valence-corrected chi connectivity index (χ1v) is 7.36. The van der Waals surface area contributed by atoms with Crippen LogP contribution in [-0.4, -0.2) is 54.7 Å². The van der Waals surface area contributed by atoms with Gasteiger partial charge >= 0.3 is 110 Å². The summed E-state index contributed by atoms with van der Waals surface area (Å²) < 4.78 is 1.17. The summed E-state index contributed by atoms with van der Waals surface area (Å²) in [7, 11) is 0. The molecule has 1 fully saturated rings. The van der Waals surface area contributed by atoms with Crippen LogP contribution in [0.3, 0.4) is 0 Å². The van der Waals surface area contributed by atoms with Gasteiger partial charge in [-0.1, -0.05) is 0 Å². The van der Waals surface area contributed by atoms with Gasteiger partial charge < -0.3 is 0 Å². The number of benzene rings is 1. The third kappa shape index (κ3) is 2.83. The minimum absolute atomic E-state index is 0.110. The third-order valence-corrected chi connectivity index (χ3v) is 5.40. The molecule has 0 unspecified atom stereocenters. The molecular formula is C12H13NO4Se. The van der Waals surface area contributed by atoms with Gasteiger partial charge in [0, 0.05) is 0 Å². The van der Waals surface area contributed by atoms with E-state index in [1.165, 1.54) is 4.46 Å². The van der Waals surface area contributed by atoms with Gasteiger partial charge in [0.2, 0.25) is 0 Å². The van der Waals surface area contributed by atoms with E-state index in [0.29, 0.717) is 13.0 Å². The fraction of sp³-hybridized carbons (Fsp3) is 0.333. The summed E-state index contributed by atoms with van der Waals surface area (Å²) >= 11 is 0.110. The van der Waals surface area contributed by atoms with Crippen molar-refractivity contribution < 1.29 is 19.8 Å². The SMILES string of the molecule is O=C(O)[C@H]1C[C@@H]([Se]c2ccccc2)CN1C(=O)O. The van der Waals surface area contributed by atoms with Gasteiger partial charge in [0.15, 0.2) is 0 Å². The first-order chi connectivity index (χ1) is 8.58. The van der Waals surface area contributed by atoms with Gasteiger partial charge in [0.05, 0.1) is 0 Å². The zero-order valence-corrected chi connectivity index (χ0v) is 11.2. The predicted octanol–water partition coefficient (Wildman–Crippen LogP) is 0.641. The van der Waals surface area contributed by atoms with E-state index in [1.54, 1.807) is 0 Å². The molecule has 1 aromatic rings. The summed E-state index contributed by atoms with van der Waals surface area (Å²) in [5, 5.41) is 18.0. The van der Waals surface area contributed by atoms with Crippen LogP contribution < -0.4 is 4.46 Å². The molecule has 1 aromatic carbocycles. The number of nitrogens with zero attached hydrogens (tertiary/aromatic N) is 1. The van der Waals surface area contributed by atoms with Crippen LogP contribution in [0.5, 0.6) is 0 Å². The van der Waals surface area contributed by atoms with Crippen molar-refractivity contribution in [3.63, 3.8) is 0 Å². The molecule has 96 valence electrons. The molecule has 1 amide bonds. The van der Waals surface area contributed by atoms with E-state index in [1.807, 2.05) is 30.3 Å². The second kappa shape index (κ2) is 5.42. The van der Waals surface area contributed by atoms with Gasteiger partial charge in [-0.15, -0.1) is 0 Å². The van der Waals surface area contributed by atoms with Gasteiger partial charge in [-0.25, -0.2) is 0 Å². The number of likely N-dealkylation sites (tertiary alicyclic amines) is 1. The summed E-state index contributed by atoms with van der Waals surface area (Å²) in [4.78, 5) is 23.2. The second-order valence-corrected chi connectivity index (χ2v) is 6.96. The molecule has 0 saturated carbocycles. The summed E-state index contributed by atoms with van der Waals surface area (Å²) in [6, 6.07) is 8.92. The van der Waals surface area contributed by atoms with Gasteiger partial charge in [0.25, 0.3) is 0 Å². The van der Waals surface area contributed by atoms with Crippen molar-refractivity contribution in [3.8, 4) is 0 Å². The Kier molecular flexibility index (Phi) is 3.89. The van der Waals surface area contributed by atoms with Crippen LogP contribution in [0.1, 0.15) is 6.42 Å². The number of hydrogen-bond donors (Lipinski definition) is 2. The minimum atomic E-state index is -1.14. The number of aliphatic carboxylic acids is 1. The Balaban J connectivity index is 2.05.